The van der Waals surface area contributed by atoms with Crippen LogP contribution in [0.4, 0.5) is 0 Å². The number of rotatable bonds is 6. The van der Waals surface area contributed by atoms with Gasteiger partial charge in [0.2, 0.25) is 11.8 Å². The molecule has 3 aromatic rings. The van der Waals surface area contributed by atoms with E-state index in [-0.39, 0.29) is 17.7 Å². The van der Waals surface area contributed by atoms with E-state index < -0.39 is 0 Å². The third kappa shape index (κ3) is 4.32. The lowest BCUT2D eigenvalue weighted by Crippen LogP contribution is -2.39. The van der Waals surface area contributed by atoms with E-state index in [2.05, 4.69) is 23.5 Å². The van der Waals surface area contributed by atoms with Crippen molar-refractivity contribution in [2.24, 2.45) is 5.92 Å². The van der Waals surface area contributed by atoms with Gasteiger partial charge in [-0.3, -0.25) is 14.9 Å². The topological polar surface area (TPSA) is 68.5 Å². The molecule has 1 N–H and O–H groups in total. The largest absolute Gasteiger partial charge is 0.494 e. The number of carbonyl (C=O) groups excluding carboxylic acids is 2. The number of nitrogens with one attached hydrogen (secondary N) is 1. The molecule has 0 radical (unpaired) electrons. The molecule has 2 aliphatic rings. The third-order valence-electron chi connectivity index (χ3n) is 6.90. The van der Waals surface area contributed by atoms with Crippen LogP contribution < -0.4 is 10.1 Å². The second-order valence-electron chi connectivity index (χ2n) is 9.05. The number of imide groups is 1. The van der Waals surface area contributed by atoms with Gasteiger partial charge in [-0.2, -0.15) is 0 Å². The summed E-state index contributed by atoms with van der Waals surface area (Å²) in [6.45, 7) is 0.748. The molecular weight excluding hydrogens is 390 g/mol. The van der Waals surface area contributed by atoms with Gasteiger partial charge in [-0.1, -0.05) is 38.2 Å². The summed E-state index contributed by atoms with van der Waals surface area (Å²) in [7, 11) is 0. The molecule has 5 heteroatoms. The van der Waals surface area contributed by atoms with E-state index in [1.165, 1.54) is 38.5 Å². The Balaban J connectivity index is 1.31. The number of carbonyl (C=O) groups is 2. The third-order valence-corrected chi connectivity index (χ3v) is 6.90. The lowest BCUT2D eigenvalue weighted by molar-refractivity contribution is -0.134. The maximum Gasteiger partial charge on any atom is 0.234 e. The van der Waals surface area contributed by atoms with Gasteiger partial charge in [0.15, 0.2) is 0 Å². The number of hydrogen-bond donors (Lipinski definition) is 1. The Hall–Kier alpha value is -2.82. The molecule has 162 valence electrons. The molecule has 5 rings (SSSR count). The van der Waals surface area contributed by atoms with Crippen molar-refractivity contribution in [2.75, 3.05) is 6.61 Å². The molecule has 1 saturated heterocycles. The molecule has 2 heterocycles. The molecule has 2 fully saturated rings. The van der Waals surface area contributed by atoms with Crippen molar-refractivity contribution in [3.8, 4) is 5.75 Å². The molecule has 1 aliphatic heterocycles. The molecule has 1 atom stereocenters. The molecule has 0 unspecified atom stereocenters. The molecule has 1 aliphatic carbocycles. The highest BCUT2D eigenvalue weighted by atomic mass is 16.5. The van der Waals surface area contributed by atoms with Crippen LogP contribution in [0.1, 0.15) is 69.3 Å². The number of benzene rings is 2. The van der Waals surface area contributed by atoms with Crippen LogP contribution in [-0.4, -0.2) is 18.4 Å². The van der Waals surface area contributed by atoms with E-state index in [0.717, 1.165) is 52.0 Å². The molecule has 1 saturated carbocycles. The second-order valence-corrected chi connectivity index (χ2v) is 9.05. The van der Waals surface area contributed by atoms with Crippen LogP contribution in [0.15, 0.2) is 41.0 Å². The molecule has 2 amide bonds. The lowest BCUT2D eigenvalue weighted by atomic mass is 9.86. The quantitative estimate of drug-likeness (QED) is 0.402. The highest BCUT2D eigenvalue weighted by Crippen LogP contribution is 2.35. The zero-order chi connectivity index (χ0) is 21.2. The van der Waals surface area contributed by atoms with Crippen molar-refractivity contribution in [3.05, 3.63) is 42.2 Å². The molecule has 5 nitrogen and oxygen atoms in total. The summed E-state index contributed by atoms with van der Waals surface area (Å²) in [5.74, 6) is 0.963. The highest BCUT2D eigenvalue weighted by molar-refractivity contribution is 6.04. The summed E-state index contributed by atoms with van der Waals surface area (Å²) in [6.07, 6.45) is 11.8. The fraction of sp³-hybridized carbons (Fsp3) is 0.462. The number of ether oxygens (including phenoxy) is 1. The molecule has 1 aromatic heterocycles. The van der Waals surface area contributed by atoms with Crippen molar-refractivity contribution in [1.29, 1.82) is 0 Å². The first-order valence-electron chi connectivity index (χ1n) is 11.6. The first kappa shape index (κ1) is 20.1. The number of fused-ring (bicyclic) bond motifs is 2. The first-order valence-corrected chi connectivity index (χ1v) is 11.6. The maximum atomic E-state index is 12.3. The summed E-state index contributed by atoms with van der Waals surface area (Å²) in [5.41, 5.74) is 1.61. The SMILES string of the molecule is O=C1CC[C@@H](c2coc3cc4ccc(OCCCC5CCCCC5)cc4cc23)C(=O)N1. The zero-order valence-corrected chi connectivity index (χ0v) is 17.8. The van der Waals surface area contributed by atoms with Crippen molar-refractivity contribution >= 4 is 33.6 Å². The maximum absolute atomic E-state index is 12.3. The Morgan fingerprint density at radius 2 is 1.87 bits per heavy atom. The molecule has 0 bridgehead atoms. The Labute approximate surface area is 182 Å². The predicted molar refractivity (Wildman–Crippen MR) is 120 cm³/mol. The van der Waals surface area contributed by atoms with Crippen LogP contribution in [-0.2, 0) is 9.59 Å². The minimum atomic E-state index is -0.351. The van der Waals surface area contributed by atoms with Crippen LogP contribution in [0.3, 0.4) is 0 Å². The zero-order valence-electron chi connectivity index (χ0n) is 17.8. The standard InChI is InChI=1S/C26H29NO4/c28-25-11-10-21(26(29)27-25)23-16-31-24-15-18-8-9-20(13-19(18)14-22(23)24)30-12-4-7-17-5-2-1-3-6-17/h8-9,13-17,21H,1-7,10-12H2,(H,27,28,29)/t21-/m0/s1. The van der Waals surface area contributed by atoms with Gasteiger partial charge in [0.05, 0.1) is 18.8 Å². The fourth-order valence-corrected chi connectivity index (χ4v) is 5.16. The smallest absolute Gasteiger partial charge is 0.234 e. The summed E-state index contributed by atoms with van der Waals surface area (Å²) in [4.78, 5) is 23.8. The Kier molecular flexibility index (Phi) is 5.66. The van der Waals surface area contributed by atoms with Crippen LogP contribution in [0, 0.1) is 5.92 Å². The highest BCUT2D eigenvalue weighted by Gasteiger charge is 2.30. The van der Waals surface area contributed by atoms with Gasteiger partial charge in [-0.25, -0.2) is 0 Å². The van der Waals surface area contributed by atoms with Crippen LogP contribution in [0.25, 0.3) is 21.7 Å². The van der Waals surface area contributed by atoms with Crippen molar-refractivity contribution in [3.63, 3.8) is 0 Å². The van der Waals surface area contributed by atoms with Gasteiger partial charge < -0.3 is 9.15 Å². The van der Waals surface area contributed by atoms with Gasteiger partial charge in [0.25, 0.3) is 0 Å². The van der Waals surface area contributed by atoms with E-state index in [1.807, 2.05) is 12.1 Å². The lowest BCUT2D eigenvalue weighted by Gasteiger charge is -2.21. The van der Waals surface area contributed by atoms with Crippen molar-refractivity contribution < 1.29 is 18.7 Å². The Morgan fingerprint density at radius 1 is 1.00 bits per heavy atom. The van der Waals surface area contributed by atoms with Crippen LogP contribution >= 0.6 is 0 Å². The minimum absolute atomic E-state index is 0.204. The monoisotopic (exact) mass is 419 g/mol. The van der Waals surface area contributed by atoms with E-state index in [1.54, 1.807) is 6.26 Å². The van der Waals surface area contributed by atoms with Crippen molar-refractivity contribution in [2.45, 2.75) is 63.7 Å². The number of amides is 2. The van der Waals surface area contributed by atoms with Crippen LogP contribution in [0.2, 0.25) is 0 Å². The van der Waals surface area contributed by atoms with Crippen molar-refractivity contribution in [1.82, 2.24) is 5.32 Å². The molecule has 31 heavy (non-hydrogen) atoms. The van der Waals surface area contributed by atoms with E-state index in [0.29, 0.717) is 12.8 Å². The van der Waals surface area contributed by atoms with Gasteiger partial charge in [0.1, 0.15) is 11.3 Å². The average molecular weight is 420 g/mol. The molecular formula is C26H29NO4. The average Bonchev–Trinajstić information content (AvgIpc) is 3.18. The summed E-state index contributed by atoms with van der Waals surface area (Å²) in [6, 6.07) is 10.2. The molecule has 0 spiro atoms. The summed E-state index contributed by atoms with van der Waals surface area (Å²) in [5, 5.41) is 5.51. The van der Waals surface area contributed by atoms with Gasteiger partial charge in [-0.05, 0) is 60.2 Å². The van der Waals surface area contributed by atoms with Gasteiger partial charge in [-0.15, -0.1) is 0 Å². The first-order chi connectivity index (χ1) is 15.2. The summed E-state index contributed by atoms with van der Waals surface area (Å²) < 4.78 is 11.8. The van der Waals surface area contributed by atoms with Crippen LogP contribution in [0.5, 0.6) is 5.75 Å². The Morgan fingerprint density at radius 3 is 2.71 bits per heavy atom. The van der Waals surface area contributed by atoms with E-state index in [4.69, 9.17) is 9.15 Å². The number of furan rings is 1. The minimum Gasteiger partial charge on any atom is -0.494 e. The van der Waals surface area contributed by atoms with Gasteiger partial charge >= 0.3 is 0 Å². The number of piperidine rings is 1. The van der Waals surface area contributed by atoms with E-state index in [9.17, 15) is 9.59 Å². The number of hydrogen-bond acceptors (Lipinski definition) is 4. The fourth-order valence-electron chi connectivity index (χ4n) is 5.16. The molecule has 2 aromatic carbocycles. The Bertz CT molecular complexity index is 1110. The second kappa shape index (κ2) is 8.74. The predicted octanol–water partition coefficient (Wildman–Crippen LogP) is 5.85. The summed E-state index contributed by atoms with van der Waals surface area (Å²) >= 11 is 0. The normalized spacial score (nSPS) is 20.3. The van der Waals surface area contributed by atoms with Gasteiger partial charge in [0, 0.05) is 17.4 Å². The van der Waals surface area contributed by atoms with E-state index >= 15 is 0 Å².